The third-order valence-corrected chi connectivity index (χ3v) is 6.63. The molecular formula is C30H38F3N3O3. The Kier molecular flexibility index (Phi) is 12.0. The minimum absolute atomic E-state index is 0.0282. The lowest BCUT2D eigenvalue weighted by Gasteiger charge is -2.23. The molecule has 0 radical (unpaired) electrons. The summed E-state index contributed by atoms with van der Waals surface area (Å²) < 4.78 is 45.8. The van der Waals surface area contributed by atoms with Gasteiger partial charge in [-0.2, -0.15) is 18.2 Å². The van der Waals surface area contributed by atoms with Gasteiger partial charge in [0, 0.05) is 25.1 Å². The number of carboxylic acid groups (broad SMARTS) is 1. The lowest BCUT2D eigenvalue weighted by molar-refractivity contribution is -0.139. The molecule has 0 aliphatic carbocycles. The fraction of sp³-hybridized carbons (Fsp3) is 0.500. The second-order valence-corrected chi connectivity index (χ2v) is 9.99. The van der Waals surface area contributed by atoms with Gasteiger partial charge in [0.2, 0.25) is 0 Å². The number of nitrogens with zero attached hydrogens (tertiary/aromatic N) is 3. The average molecular weight is 546 g/mol. The highest BCUT2D eigenvalue weighted by atomic mass is 19.4. The van der Waals surface area contributed by atoms with Crippen LogP contribution in [0.25, 0.3) is 11.5 Å². The number of carbonyl (C=O) groups is 1. The number of aryl methyl sites for hydroxylation is 1. The summed E-state index contributed by atoms with van der Waals surface area (Å²) in [7, 11) is 0. The number of rotatable bonds is 17. The predicted molar refractivity (Wildman–Crippen MR) is 144 cm³/mol. The highest BCUT2D eigenvalue weighted by Gasteiger charge is 2.33. The van der Waals surface area contributed by atoms with Gasteiger partial charge in [-0.3, -0.25) is 9.69 Å². The molecule has 0 fully saturated rings. The molecule has 9 heteroatoms. The summed E-state index contributed by atoms with van der Waals surface area (Å²) >= 11 is 0. The minimum atomic E-state index is -4.52. The lowest BCUT2D eigenvalue weighted by Crippen LogP contribution is -2.30. The average Bonchev–Trinajstić information content (AvgIpc) is 3.36. The van der Waals surface area contributed by atoms with Crippen LogP contribution in [0.2, 0.25) is 0 Å². The van der Waals surface area contributed by atoms with Crippen LogP contribution in [-0.4, -0.2) is 32.7 Å². The van der Waals surface area contributed by atoms with Crippen molar-refractivity contribution in [1.82, 2.24) is 15.0 Å². The molecule has 2 aromatic carbocycles. The number of halogens is 3. The molecule has 0 saturated heterocycles. The van der Waals surface area contributed by atoms with Crippen LogP contribution in [0.3, 0.4) is 0 Å². The maximum Gasteiger partial charge on any atom is 0.416 e. The fourth-order valence-corrected chi connectivity index (χ4v) is 4.66. The summed E-state index contributed by atoms with van der Waals surface area (Å²) in [5, 5.41) is 13.5. The van der Waals surface area contributed by atoms with Crippen molar-refractivity contribution in [2.24, 2.45) is 0 Å². The van der Waals surface area contributed by atoms with Crippen molar-refractivity contribution in [3.63, 3.8) is 0 Å². The standard InChI is InChI=1S/C30H38F3N3O3/c1-2-3-4-5-6-7-8-9-10-18-27-34-29(39-35-27)24-16-13-14-23(19-24)20-36(22-28(37)38)21-25-15-11-12-17-26(25)30(31,32)33/h11-17,19H,2-10,18,20-22H2,1H3,(H,37,38). The summed E-state index contributed by atoms with van der Waals surface area (Å²) in [6.45, 7) is 1.81. The molecule has 3 aromatic rings. The summed E-state index contributed by atoms with van der Waals surface area (Å²) in [5.41, 5.74) is 0.682. The van der Waals surface area contributed by atoms with Gasteiger partial charge in [-0.15, -0.1) is 0 Å². The van der Waals surface area contributed by atoms with E-state index in [1.807, 2.05) is 6.07 Å². The molecule has 39 heavy (non-hydrogen) atoms. The Labute approximate surface area is 228 Å². The summed E-state index contributed by atoms with van der Waals surface area (Å²) in [5.74, 6) is -0.0988. The third kappa shape index (κ3) is 10.5. The Morgan fingerprint density at radius 2 is 1.62 bits per heavy atom. The molecule has 0 aliphatic heterocycles. The quantitative estimate of drug-likeness (QED) is 0.174. The van der Waals surface area contributed by atoms with E-state index in [0.717, 1.165) is 30.9 Å². The highest BCUT2D eigenvalue weighted by Crippen LogP contribution is 2.32. The van der Waals surface area contributed by atoms with Gasteiger partial charge in [-0.05, 0) is 35.7 Å². The molecule has 1 heterocycles. The Morgan fingerprint density at radius 1 is 0.923 bits per heavy atom. The monoisotopic (exact) mass is 545 g/mol. The topological polar surface area (TPSA) is 79.5 Å². The zero-order chi connectivity index (χ0) is 28.1. The molecule has 1 aromatic heterocycles. The Balaban J connectivity index is 1.58. The molecule has 0 saturated carbocycles. The molecule has 0 atom stereocenters. The first-order chi connectivity index (χ1) is 18.8. The maximum absolute atomic E-state index is 13.5. The third-order valence-electron chi connectivity index (χ3n) is 6.63. The summed E-state index contributed by atoms with van der Waals surface area (Å²) in [6, 6.07) is 12.4. The molecule has 0 aliphatic rings. The molecule has 0 spiro atoms. The van der Waals surface area contributed by atoms with Crippen LogP contribution in [0.1, 0.15) is 87.2 Å². The van der Waals surface area contributed by atoms with Gasteiger partial charge < -0.3 is 9.63 Å². The minimum Gasteiger partial charge on any atom is -0.480 e. The number of carboxylic acids is 1. The van der Waals surface area contributed by atoms with Crippen LogP contribution in [-0.2, 0) is 30.5 Å². The number of aromatic nitrogens is 2. The number of hydrogen-bond acceptors (Lipinski definition) is 5. The molecule has 0 bridgehead atoms. The van der Waals surface area contributed by atoms with Gasteiger partial charge in [0.15, 0.2) is 5.82 Å². The van der Waals surface area contributed by atoms with Gasteiger partial charge in [-0.25, -0.2) is 0 Å². The van der Waals surface area contributed by atoms with Crippen LogP contribution < -0.4 is 0 Å². The fourth-order valence-electron chi connectivity index (χ4n) is 4.66. The number of alkyl halides is 3. The van der Waals surface area contributed by atoms with E-state index >= 15 is 0 Å². The normalized spacial score (nSPS) is 11.8. The predicted octanol–water partition coefficient (Wildman–Crippen LogP) is 7.92. The van der Waals surface area contributed by atoms with E-state index in [1.165, 1.54) is 68.0 Å². The zero-order valence-corrected chi connectivity index (χ0v) is 22.6. The van der Waals surface area contributed by atoms with Gasteiger partial charge in [0.1, 0.15) is 0 Å². The summed E-state index contributed by atoms with van der Waals surface area (Å²) in [4.78, 5) is 17.4. The molecular weight excluding hydrogens is 507 g/mol. The SMILES string of the molecule is CCCCCCCCCCCc1noc(-c2cccc(CN(CC(=O)O)Cc3ccccc3C(F)(F)F)c2)n1. The lowest BCUT2D eigenvalue weighted by atomic mass is 10.1. The molecule has 1 N–H and O–H groups in total. The first kappa shape index (κ1) is 30.3. The van der Waals surface area contributed by atoms with Crippen molar-refractivity contribution in [3.8, 4) is 11.5 Å². The second kappa shape index (κ2) is 15.4. The van der Waals surface area contributed by atoms with E-state index in [-0.39, 0.29) is 18.7 Å². The zero-order valence-electron chi connectivity index (χ0n) is 22.6. The van der Waals surface area contributed by atoms with E-state index in [9.17, 15) is 23.1 Å². The van der Waals surface area contributed by atoms with Gasteiger partial charge in [0.25, 0.3) is 5.89 Å². The van der Waals surface area contributed by atoms with Crippen molar-refractivity contribution in [3.05, 3.63) is 71.0 Å². The molecule has 0 amide bonds. The van der Waals surface area contributed by atoms with E-state index in [4.69, 9.17) is 4.52 Å². The molecule has 3 rings (SSSR count). The number of unbranched alkanes of at least 4 members (excludes halogenated alkanes) is 8. The van der Waals surface area contributed by atoms with Crippen LogP contribution >= 0.6 is 0 Å². The van der Waals surface area contributed by atoms with Crippen molar-refractivity contribution >= 4 is 5.97 Å². The largest absolute Gasteiger partial charge is 0.480 e. The number of benzene rings is 2. The Morgan fingerprint density at radius 3 is 2.31 bits per heavy atom. The van der Waals surface area contributed by atoms with Gasteiger partial charge in [-0.1, -0.05) is 93.8 Å². The number of aliphatic carboxylic acids is 1. The first-order valence-electron chi connectivity index (χ1n) is 13.8. The van der Waals surface area contributed by atoms with Crippen molar-refractivity contribution in [1.29, 1.82) is 0 Å². The van der Waals surface area contributed by atoms with Crippen LogP contribution in [0.15, 0.2) is 53.1 Å². The van der Waals surface area contributed by atoms with Crippen molar-refractivity contribution in [2.45, 2.75) is 90.4 Å². The molecule has 0 unspecified atom stereocenters. The van der Waals surface area contributed by atoms with Crippen LogP contribution in [0.5, 0.6) is 0 Å². The van der Waals surface area contributed by atoms with Crippen LogP contribution in [0, 0.1) is 0 Å². The molecule has 212 valence electrons. The van der Waals surface area contributed by atoms with Gasteiger partial charge >= 0.3 is 12.1 Å². The van der Waals surface area contributed by atoms with Crippen LogP contribution in [0.4, 0.5) is 13.2 Å². The highest BCUT2D eigenvalue weighted by molar-refractivity contribution is 5.69. The Hall–Kier alpha value is -3.20. The number of hydrogen-bond donors (Lipinski definition) is 1. The van der Waals surface area contributed by atoms with E-state index in [1.54, 1.807) is 18.2 Å². The maximum atomic E-state index is 13.5. The van der Waals surface area contributed by atoms with E-state index in [2.05, 4.69) is 17.1 Å². The second-order valence-electron chi connectivity index (χ2n) is 9.99. The summed E-state index contributed by atoms with van der Waals surface area (Å²) in [6.07, 6.45) is 7.33. The van der Waals surface area contributed by atoms with Crippen molar-refractivity contribution in [2.75, 3.05) is 6.54 Å². The van der Waals surface area contributed by atoms with Crippen molar-refractivity contribution < 1.29 is 27.6 Å². The smallest absolute Gasteiger partial charge is 0.416 e. The first-order valence-corrected chi connectivity index (χ1v) is 13.8. The van der Waals surface area contributed by atoms with Gasteiger partial charge in [0.05, 0.1) is 12.1 Å². The van der Waals surface area contributed by atoms with E-state index in [0.29, 0.717) is 17.3 Å². The molecule has 6 nitrogen and oxygen atoms in total. The Bertz CT molecular complexity index is 1160. The van der Waals surface area contributed by atoms with E-state index < -0.39 is 24.3 Å².